The fourth-order valence-corrected chi connectivity index (χ4v) is 2.22. The summed E-state index contributed by atoms with van der Waals surface area (Å²) >= 11 is 0. The molecule has 0 spiro atoms. The van der Waals surface area contributed by atoms with Gasteiger partial charge >= 0.3 is 0 Å². The van der Waals surface area contributed by atoms with Crippen LogP contribution in [0.4, 0.5) is 11.6 Å². The van der Waals surface area contributed by atoms with E-state index in [0.29, 0.717) is 24.0 Å². The number of carbonyl (C=O) groups excluding carboxylic acids is 2. The summed E-state index contributed by atoms with van der Waals surface area (Å²) in [5.41, 5.74) is 0.873. The predicted molar refractivity (Wildman–Crippen MR) is 93.6 cm³/mol. The quantitative estimate of drug-likeness (QED) is 0.817. The van der Waals surface area contributed by atoms with Crippen molar-refractivity contribution in [1.82, 2.24) is 4.98 Å². The van der Waals surface area contributed by atoms with Gasteiger partial charge in [-0.2, -0.15) is 0 Å². The van der Waals surface area contributed by atoms with Gasteiger partial charge in [0.2, 0.25) is 5.91 Å². The molecule has 128 valence electrons. The second-order valence-electron chi connectivity index (χ2n) is 5.20. The molecule has 0 bridgehead atoms. The van der Waals surface area contributed by atoms with Gasteiger partial charge < -0.3 is 20.1 Å². The lowest BCUT2D eigenvalue weighted by atomic mass is 10.2. The maximum atomic E-state index is 12.0. The lowest BCUT2D eigenvalue weighted by molar-refractivity contribution is -0.118. The van der Waals surface area contributed by atoms with E-state index in [-0.39, 0.29) is 18.4 Å². The molecule has 2 aromatic rings. The van der Waals surface area contributed by atoms with Crippen molar-refractivity contribution in [2.24, 2.45) is 0 Å². The molecule has 1 aromatic carbocycles. The van der Waals surface area contributed by atoms with Gasteiger partial charge in [0, 0.05) is 6.08 Å². The minimum atomic E-state index is -0.329. The van der Waals surface area contributed by atoms with Crippen LogP contribution < -0.4 is 20.1 Å². The van der Waals surface area contributed by atoms with Crippen molar-refractivity contribution < 1.29 is 19.1 Å². The van der Waals surface area contributed by atoms with Gasteiger partial charge in [0.05, 0.1) is 6.61 Å². The van der Waals surface area contributed by atoms with Gasteiger partial charge in [0.1, 0.15) is 11.6 Å². The number of pyridine rings is 1. The van der Waals surface area contributed by atoms with E-state index in [0.717, 1.165) is 11.3 Å². The average Bonchev–Trinajstić information content (AvgIpc) is 2.61. The largest absolute Gasteiger partial charge is 0.494 e. The van der Waals surface area contributed by atoms with E-state index in [2.05, 4.69) is 15.6 Å². The van der Waals surface area contributed by atoms with Gasteiger partial charge in [0.25, 0.3) is 5.91 Å². The Morgan fingerprint density at radius 2 is 2.12 bits per heavy atom. The van der Waals surface area contributed by atoms with Crippen LogP contribution >= 0.6 is 0 Å². The van der Waals surface area contributed by atoms with E-state index in [1.807, 2.05) is 31.2 Å². The molecule has 0 saturated carbocycles. The van der Waals surface area contributed by atoms with Gasteiger partial charge in [-0.1, -0.05) is 12.1 Å². The standard InChI is InChI=1S/C18H17N3O4/c1-2-24-13-6-3-12(4-7-13)5-10-16(22)19-15-9-8-14-18(20-15)21-17(23)11-25-14/h3-10H,2,11H2,1H3,(H2,19,20,21,22,23)/b10-5+. The summed E-state index contributed by atoms with van der Waals surface area (Å²) in [6, 6.07) is 10.7. The molecule has 7 nitrogen and oxygen atoms in total. The Hall–Kier alpha value is -3.35. The van der Waals surface area contributed by atoms with Crippen molar-refractivity contribution in [3.8, 4) is 11.5 Å². The molecule has 0 radical (unpaired) electrons. The van der Waals surface area contributed by atoms with Crippen LogP contribution in [0.3, 0.4) is 0 Å². The number of ether oxygens (including phenoxy) is 2. The highest BCUT2D eigenvalue weighted by Gasteiger charge is 2.17. The van der Waals surface area contributed by atoms with Gasteiger partial charge in [-0.05, 0) is 42.8 Å². The molecule has 0 saturated heterocycles. The number of hydrogen-bond acceptors (Lipinski definition) is 5. The fourth-order valence-electron chi connectivity index (χ4n) is 2.22. The molecular weight excluding hydrogens is 322 g/mol. The van der Waals surface area contributed by atoms with Gasteiger partial charge in [-0.15, -0.1) is 0 Å². The van der Waals surface area contributed by atoms with E-state index in [1.165, 1.54) is 6.08 Å². The molecule has 2 heterocycles. The van der Waals surface area contributed by atoms with Crippen molar-refractivity contribution in [1.29, 1.82) is 0 Å². The maximum absolute atomic E-state index is 12.0. The smallest absolute Gasteiger partial charge is 0.263 e. The zero-order chi connectivity index (χ0) is 17.6. The van der Waals surface area contributed by atoms with Crippen LogP contribution in [0.2, 0.25) is 0 Å². The second kappa shape index (κ2) is 7.48. The van der Waals surface area contributed by atoms with Crippen molar-refractivity contribution in [2.45, 2.75) is 6.92 Å². The van der Waals surface area contributed by atoms with Crippen LogP contribution in [0, 0.1) is 0 Å². The normalized spacial score (nSPS) is 12.9. The molecule has 0 aliphatic carbocycles. The lowest BCUT2D eigenvalue weighted by Gasteiger charge is -2.17. The van der Waals surface area contributed by atoms with Crippen molar-refractivity contribution in [2.75, 3.05) is 23.8 Å². The minimum Gasteiger partial charge on any atom is -0.494 e. The average molecular weight is 339 g/mol. The highest BCUT2D eigenvalue weighted by atomic mass is 16.5. The molecule has 2 amide bonds. The zero-order valence-corrected chi connectivity index (χ0v) is 13.6. The molecule has 1 aromatic heterocycles. The van der Waals surface area contributed by atoms with Gasteiger partial charge in [-0.3, -0.25) is 9.59 Å². The lowest BCUT2D eigenvalue weighted by Crippen LogP contribution is -2.26. The van der Waals surface area contributed by atoms with Crippen LogP contribution in [0.15, 0.2) is 42.5 Å². The Kier molecular flexibility index (Phi) is 4.94. The predicted octanol–water partition coefficient (Wildman–Crippen LogP) is 2.46. The molecule has 3 rings (SSSR count). The highest BCUT2D eigenvalue weighted by Crippen LogP contribution is 2.26. The number of benzene rings is 1. The maximum Gasteiger partial charge on any atom is 0.263 e. The SMILES string of the molecule is CCOc1ccc(/C=C/C(=O)Nc2ccc3c(n2)NC(=O)CO3)cc1. The first-order valence-corrected chi connectivity index (χ1v) is 7.79. The number of nitrogens with zero attached hydrogens (tertiary/aromatic N) is 1. The Bertz CT molecular complexity index is 816. The summed E-state index contributed by atoms with van der Waals surface area (Å²) in [6.07, 6.45) is 3.10. The fraction of sp³-hybridized carbons (Fsp3) is 0.167. The number of nitrogens with one attached hydrogen (secondary N) is 2. The molecule has 2 N–H and O–H groups in total. The number of carbonyl (C=O) groups is 2. The Balaban J connectivity index is 1.62. The number of amides is 2. The second-order valence-corrected chi connectivity index (χ2v) is 5.20. The number of aromatic nitrogens is 1. The summed E-state index contributed by atoms with van der Waals surface area (Å²) in [5.74, 6) is 1.27. The highest BCUT2D eigenvalue weighted by molar-refractivity contribution is 6.02. The summed E-state index contributed by atoms with van der Waals surface area (Å²) in [6.45, 7) is 2.49. The number of fused-ring (bicyclic) bond motifs is 1. The molecule has 0 atom stereocenters. The van der Waals surface area contributed by atoms with Crippen LogP contribution in [0.5, 0.6) is 11.5 Å². The molecule has 1 aliphatic heterocycles. The first-order chi connectivity index (χ1) is 12.1. The topological polar surface area (TPSA) is 89.5 Å². The van der Waals surface area contributed by atoms with Gasteiger partial charge in [-0.25, -0.2) is 4.98 Å². The van der Waals surface area contributed by atoms with E-state index in [9.17, 15) is 9.59 Å². The summed E-state index contributed by atoms with van der Waals surface area (Å²) in [5, 5.41) is 5.23. The van der Waals surface area contributed by atoms with E-state index >= 15 is 0 Å². The number of hydrogen-bond donors (Lipinski definition) is 2. The summed E-state index contributed by atoms with van der Waals surface area (Å²) < 4.78 is 10.6. The van der Waals surface area contributed by atoms with Crippen molar-refractivity contribution in [3.63, 3.8) is 0 Å². The molecular formula is C18H17N3O4. The first-order valence-electron chi connectivity index (χ1n) is 7.79. The third-order valence-electron chi connectivity index (χ3n) is 3.34. The minimum absolute atomic E-state index is 0.0365. The Morgan fingerprint density at radius 1 is 1.32 bits per heavy atom. The van der Waals surface area contributed by atoms with E-state index in [4.69, 9.17) is 9.47 Å². The first kappa shape index (κ1) is 16.5. The third kappa shape index (κ3) is 4.35. The summed E-state index contributed by atoms with van der Waals surface area (Å²) in [7, 11) is 0. The Labute approximate surface area is 144 Å². The van der Waals surface area contributed by atoms with E-state index in [1.54, 1.807) is 18.2 Å². The summed E-state index contributed by atoms with van der Waals surface area (Å²) in [4.78, 5) is 27.5. The van der Waals surface area contributed by atoms with Crippen LogP contribution in [0.1, 0.15) is 12.5 Å². The Morgan fingerprint density at radius 3 is 2.88 bits per heavy atom. The van der Waals surface area contributed by atoms with Crippen LogP contribution in [-0.2, 0) is 9.59 Å². The van der Waals surface area contributed by atoms with Crippen molar-refractivity contribution >= 4 is 29.5 Å². The van der Waals surface area contributed by atoms with Crippen LogP contribution in [0.25, 0.3) is 6.08 Å². The monoisotopic (exact) mass is 339 g/mol. The molecule has 7 heteroatoms. The third-order valence-corrected chi connectivity index (χ3v) is 3.34. The molecule has 25 heavy (non-hydrogen) atoms. The van der Waals surface area contributed by atoms with E-state index < -0.39 is 0 Å². The van der Waals surface area contributed by atoms with Gasteiger partial charge in [0.15, 0.2) is 18.2 Å². The number of anilines is 2. The molecule has 0 unspecified atom stereocenters. The molecule has 1 aliphatic rings. The number of rotatable bonds is 5. The zero-order valence-electron chi connectivity index (χ0n) is 13.6. The van der Waals surface area contributed by atoms with Crippen molar-refractivity contribution in [3.05, 3.63) is 48.0 Å². The van der Waals surface area contributed by atoms with Crippen LogP contribution in [-0.4, -0.2) is 30.0 Å². The molecule has 0 fully saturated rings.